The number of fused-ring (bicyclic) bond motifs is 2. The Bertz CT molecular complexity index is 856. The fourth-order valence-electron chi connectivity index (χ4n) is 3.03. The Morgan fingerprint density at radius 2 is 2.18 bits per heavy atom. The van der Waals surface area contributed by atoms with E-state index in [1.165, 1.54) is 0 Å². The molecule has 2 aromatic heterocycles. The number of hydrogen-bond donors (Lipinski definition) is 2. The Hall–Kier alpha value is -2.66. The van der Waals surface area contributed by atoms with Crippen molar-refractivity contribution in [3.8, 4) is 0 Å². The van der Waals surface area contributed by atoms with Crippen LogP contribution in [0.4, 0.5) is 0 Å². The normalized spacial score (nSPS) is 20.0. The third-order valence-corrected chi connectivity index (χ3v) is 4.17. The number of aliphatic hydroxyl groups excluding tert-OH is 1. The van der Waals surface area contributed by atoms with Crippen LogP contribution >= 0.6 is 0 Å². The van der Waals surface area contributed by atoms with Crippen LogP contribution in [0.3, 0.4) is 0 Å². The smallest absolute Gasteiger partial charge is 0.251 e. The number of amides is 1. The van der Waals surface area contributed by atoms with Crippen LogP contribution in [0, 0.1) is 0 Å². The van der Waals surface area contributed by atoms with Crippen molar-refractivity contribution in [3.05, 3.63) is 71.8 Å². The van der Waals surface area contributed by atoms with Gasteiger partial charge in [-0.3, -0.25) is 4.79 Å². The van der Waals surface area contributed by atoms with E-state index in [1.54, 1.807) is 30.9 Å². The number of aliphatic hydroxyl groups is 1. The molecule has 110 valence electrons. The highest BCUT2D eigenvalue weighted by Crippen LogP contribution is 2.31. The Kier molecular flexibility index (Phi) is 2.94. The van der Waals surface area contributed by atoms with Crippen LogP contribution in [-0.2, 0) is 6.42 Å². The number of hydrogen-bond acceptors (Lipinski definition) is 3. The van der Waals surface area contributed by atoms with Crippen LogP contribution in [-0.4, -0.2) is 26.5 Å². The molecule has 2 N–H and O–H groups in total. The molecule has 5 nitrogen and oxygen atoms in total. The van der Waals surface area contributed by atoms with Gasteiger partial charge in [-0.25, -0.2) is 4.98 Å². The van der Waals surface area contributed by atoms with Crippen molar-refractivity contribution in [1.82, 2.24) is 14.7 Å². The summed E-state index contributed by atoms with van der Waals surface area (Å²) < 4.78 is 1.84. The number of carbonyl (C=O) groups excluding carboxylic acids is 1. The van der Waals surface area contributed by atoms with Gasteiger partial charge in [0.1, 0.15) is 0 Å². The van der Waals surface area contributed by atoms with Crippen LogP contribution < -0.4 is 5.32 Å². The van der Waals surface area contributed by atoms with Crippen LogP contribution in [0.2, 0.25) is 0 Å². The minimum Gasteiger partial charge on any atom is -0.390 e. The standard InChI is InChI=1S/C17H15N3O2/c21-15-8-11-3-1-2-4-14(11)16(15)19-17(22)12-5-6-20-10-18-9-13(20)7-12/h1-7,9-10,15-16,21H,8H2,(H,19,22). The van der Waals surface area contributed by atoms with Gasteiger partial charge in [0, 0.05) is 18.2 Å². The first-order chi connectivity index (χ1) is 10.7. The summed E-state index contributed by atoms with van der Waals surface area (Å²) >= 11 is 0. The zero-order valence-electron chi connectivity index (χ0n) is 11.8. The molecule has 5 heteroatoms. The lowest BCUT2D eigenvalue weighted by Crippen LogP contribution is -2.33. The fourth-order valence-corrected chi connectivity index (χ4v) is 3.03. The molecule has 0 spiro atoms. The second-order valence-corrected chi connectivity index (χ2v) is 5.56. The predicted octanol–water partition coefficient (Wildman–Crippen LogP) is 1.72. The first-order valence-electron chi connectivity index (χ1n) is 7.21. The number of nitrogens with zero attached hydrogens (tertiary/aromatic N) is 2. The molecular formula is C17H15N3O2. The summed E-state index contributed by atoms with van der Waals surface area (Å²) in [6, 6.07) is 11.0. The molecule has 3 aromatic rings. The van der Waals surface area contributed by atoms with E-state index < -0.39 is 6.10 Å². The van der Waals surface area contributed by atoms with Crippen LogP contribution in [0.5, 0.6) is 0 Å². The summed E-state index contributed by atoms with van der Waals surface area (Å²) in [5, 5.41) is 13.2. The maximum Gasteiger partial charge on any atom is 0.251 e. The number of benzene rings is 1. The van der Waals surface area contributed by atoms with E-state index in [9.17, 15) is 9.90 Å². The third kappa shape index (κ3) is 2.07. The molecule has 4 rings (SSSR count). The van der Waals surface area contributed by atoms with Gasteiger partial charge < -0.3 is 14.8 Å². The van der Waals surface area contributed by atoms with Gasteiger partial charge in [-0.2, -0.15) is 0 Å². The van der Waals surface area contributed by atoms with Gasteiger partial charge in [0.2, 0.25) is 0 Å². The van der Waals surface area contributed by atoms with Crippen LogP contribution in [0.1, 0.15) is 27.5 Å². The summed E-state index contributed by atoms with van der Waals surface area (Å²) in [6.07, 6.45) is 5.18. The second kappa shape index (κ2) is 4.96. The minimum atomic E-state index is -0.583. The van der Waals surface area contributed by atoms with Crippen molar-refractivity contribution < 1.29 is 9.90 Å². The average Bonchev–Trinajstić information content (AvgIpc) is 3.11. The van der Waals surface area contributed by atoms with Gasteiger partial charge >= 0.3 is 0 Å². The Labute approximate surface area is 127 Å². The number of aromatic nitrogens is 2. The highest BCUT2D eigenvalue weighted by Gasteiger charge is 2.32. The number of nitrogens with one attached hydrogen (secondary N) is 1. The summed E-state index contributed by atoms with van der Waals surface area (Å²) in [4.78, 5) is 16.5. The molecule has 0 saturated heterocycles. The van der Waals surface area contributed by atoms with Crippen molar-refractivity contribution in [2.24, 2.45) is 0 Å². The highest BCUT2D eigenvalue weighted by molar-refractivity contribution is 5.95. The summed E-state index contributed by atoms with van der Waals surface area (Å²) in [5.41, 5.74) is 3.50. The van der Waals surface area contributed by atoms with Crippen molar-refractivity contribution in [2.75, 3.05) is 0 Å². The average molecular weight is 293 g/mol. The van der Waals surface area contributed by atoms with Crippen molar-refractivity contribution in [1.29, 1.82) is 0 Å². The zero-order valence-corrected chi connectivity index (χ0v) is 11.8. The molecule has 0 aliphatic heterocycles. The monoisotopic (exact) mass is 293 g/mol. The van der Waals surface area contributed by atoms with Gasteiger partial charge in [-0.1, -0.05) is 24.3 Å². The Balaban J connectivity index is 1.61. The molecule has 0 fully saturated rings. The number of imidazole rings is 1. The fraction of sp³-hybridized carbons (Fsp3) is 0.176. The molecule has 1 aromatic carbocycles. The number of carbonyl (C=O) groups is 1. The van der Waals surface area contributed by atoms with Crippen LogP contribution in [0.25, 0.3) is 5.52 Å². The molecule has 1 aliphatic carbocycles. The van der Waals surface area contributed by atoms with Crippen molar-refractivity contribution >= 4 is 11.4 Å². The maximum atomic E-state index is 12.5. The topological polar surface area (TPSA) is 66.6 Å². The molecular weight excluding hydrogens is 278 g/mol. The molecule has 1 amide bonds. The molecule has 0 saturated carbocycles. The van der Waals surface area contributed by atoms with E-state index in [0.717, 1.165) is 16.6 Å². The lowest BCUT2D eigenvalue weighted by molar-refractivity contribution is 0.0858. The molecule has 0 bridgehead atoms. The van der Waals surface area contributed by atoms with Gasteiger partial charge in [0.25, 0.3) is 5.91 Å². The van der Waals surface area contributed by atoms with E-state index in [2.05, 4.69) is 10.3 Å². The third-order valence-electron chi connectivity index (χ3n) is 4.17. The molecule has 2 unspecified atom stereocenters. The van der Waals surface area contributed by atoms with Crippen molar-refractivity contribution in [3.63, 3.8) is 0 Å². The molecule has 22 heavy (non-hydrogen) atoms. The number of pyridine rings is 1. The molecule has 2 heterocycles. The predicted molar refractivity (Wildman–Crippen MR) is 81.6 cm³/mol. The van der Waals surface area contributed by atoms with Gasteiger partial charge in [-0.15, -0.1) is 0 Å². The first kappa shape index (κ1) is 13.0. The van der Waals surface area contributed by atoms with Gasteiger partial charge in [-0.05, 0) is 23.3 Å². The minimum absolute atomic E-state index is 0.190. The zero-order chi connectivity index (χ0) is 15.1. The van der Waals surface area contributed by atoms with E-state index >= 15 is 0 Å². The summed E-state index contributed by atoms with van der Waals surface area (Å²) in [5.74, 6) is -0.190. The summed E-state index contributed by atoms with van der Waals surface area (Å²) in [6.45, 7) is 0. The van der Waals surface area contributed by atoms with E-state index in [1.807, 2.05) is 28.7 Å². The number of rotatable bonds is 2. The quantitative estimate of drug-likeness (QED) is 0.756. The van der Waals surface area contributed by atoms with Crippen molar-refractivity contribution in [2.45, 2.75) is 18.6 Å². The van der Waals surface area contributed by atoms with E-state index in [0.29, 0.717) is 12.0 Å². The second-order valence-electron chi connectivity index (χ2n) is 5.56. The SMILES string of the molecule is O=C(NC1c2ccccc2CC1O)c1ccn2cncc2c1. The summed E-state index contributed by atoms with van der Waals surface area (Å²) in [7, 11) is 0. The molecule has 1 aliphatic rings. The van der Waals surface area contributed by atoms with Gasteiger partial charge in [0.15, 0.2) is 0 Å². The Morgan fingerprint density at radius 1 is 1.32 bits per heavy atom. The highest BCUT2D eigenvalue weighted by atomic mass is 16.3. The largest absolute Gasteiger partial charge is 0.390 e. The van der Waals surface area contributed by atoms with Gasteiger partial charge in [0.05, 0.1) is 30.2 Å². The molecule has 2 atom stereocenters. The Morgan fingerprint density at radius 3 is 3.09 bits per heavy atom. The van der Waals surface area contributed by atoms with E-state index in [-0.39, 0.29) is 11.9 Å². The molecule has 0 radical (unpaired) electrons. The first-order valence-corrected chi connectivity index (χ1v) is 7.21. The lowest BCUT2D eigenvalue weighted by atomic mass is 10.1. The maximum absolute atomic E-state index is 12.5. The van der Waals surface area contributed by atoms with Crippen LogP contribution in [0.15, 0.2) is 55.1 Å². The lowest BCUT2D eigenvalue weighted by Gasteiger charge is -2.18. The van der Waals surface area contributed by atoms with E-state index in [4.69, 9.17) is 0 Å².